The molecule has 1 atom stereocenters. The van der Waals surface area contributed by atoms with Crippen LogP contribution in [-0.2, 0) is 23.2 Å². The van der Waals surface area contributed by atoms with E-state index in [2.05, 4.69) is 10.3 Å². The summed E-state index contributed by atoms with van der Waals surface area (Å²) in [5.74, 6) is -0.0758. The molecule has 152 valence electrons. The van der Waals surface area contributed by atoms with Crippen molar-refractivity contribution >= 4 is 17.7 Å². The number of imidazole rings is 1. The number of carbonyl (C=O) groups excluding carboxylic acids is 3. The highest BCUT2D eigenvalue weighted by molar-refractivity contribution is 6.05. The molecule has 1 unspecified atom stereocenters. The Balaban J connectivity index is 1.50. The first-order valence-corrected chi connectivity index (χ1v) is 9.78. The predicted molar refractivity (Wildman–Crippen MR) is 107 cm³/mol. The standard InChI is InChI=1S/C22H20N4O4/c1-12-15(7-8-30-12)20-19(23-11-25(20)2)13-3-4-16-14(9-13)10-26(22(16)29)17-5-6-18(27)24-21(17)28/h3-4,7-9,11,17H,5-6,10H2,1-2H3,(H,24,27,28). The Kier molecular flexibility index (Phi) is 4.09. The Labute approximate surface area is 172 Å². The fourth-order valence-corrected chi connectivity index (χ4v) is 4.31. The van der Waals surface area contributed by atoms with E-state index in [1.807, 2.05) is 36.7 Å². The zero-order chi connectivity index (χ0) is 21.0. The first kappa shape index (κ1) is 18.4. The van der Waals surface area contributed by atoms with Crippen molar-refractivity contribution in [3.63, 3.8) is 0 Å². The lowest BCUT2D eigenvalue weighted by Gasteiger charge is -2.29. The molecule has 2 aliphatic heterocycles. The van der Waals surface area contributed by atoms with Crippen molar-refractivity contribution in [3.8, 4) is 22.5 Å². The lowest BCUT2D eigenvalue weighted by atomic mass is 10.0. The predicted octanol–water partition coefficient (Wildman–Crippen LogP) is 2.42. The molecule has 1 fully saturated rings. The highest BCUT2D eigenvalue weighted by Crippen LogP contribution is 2.36. The Bertz CT molecular complexity index is 1210. The molecule has 8 nitrogen and oxygen atoms in total. The molecular weight excluding hydrogens is 384 g/mol. The number of rotatable bonds is 3. The van der Waals surface area contributed by atoms with Crippen LogP contribution in [0.1, 0.15) is 34.5 Å². The lowest BCUT2D eigenvalue weighted by Crippen LogP contribution is -2.52. The molecule has 0 aliphatic carbocycles. The van der Waals surface area contributed by atoms with Crippen LogP contribution < -0.4 is 5.32 Å². The third kappa shape index (κ3) is 2.75. The first-order chi connectivity index (χ1) is 14.4. The quantitative estimate of drug-likeness (QED) is 0.676. The number of aryl methyl sites for hydroxylation is 2. The van der Waals surface area contributed by atoms with Crippen LogP contribution in [0.4, 0.5) is 0 Å². The van der Waals surface area contributed by atoms with Crippen LogP contribution in [0.25, 0.3) is 22.5 Å². The summed E-state index contributed by atoms with van der Waals surface area (Å²) in [7, 11) is 1.93. The minimum atomic E-state index is -0.620. The Morgan fingerprint density at radius 3 is 2.73 bits per heavy atom. The molecule has 1 saturated heterocycles. The van der Waals surface area contributed by atoms with Gasteiger partial charge in [-0.25, -0.2) is 4.98 Å². The van der Waals surface area contributed by atoms with Gasteiger partial charge in [-0.1, -0.05) is 6.07 Å². The minimum Gasteiger partial charge on any atom is -0.469 e. The number of amides is 3. The molecule has 1 aromatic carbocycles. The van der Waals surface area contributed by atoms with E-state index >= 15 is 0 Å². The van der Waals surface area contributed by atoms with E-state index in [-0.39, 0.29) is 18.2 Å². The minimum absolute atomic E-state index is 0.182. The van der Waals surface area contributed by atoms with Gasteiger partial charge in [0.05, 0.1) is 24.0 Å². The number of hydrogen-bond donors (Lipinski definition) is 1. The number of nitrogens with zero attached hydrogens (tertiary/aromatic N) is 3. The van der Waals surface area contributed by atoms with E-state index in [1.165, 1.54) is 0 Å². The van der Waals surface area contributed by atoms with Crippen LogP contribution in [-0.4, -0.2) is 38.2 Å². The van der Waals surface area contributed by atoms with E-state index in [1.54, 1.807) is 23.6 Å². The van der Waals surface area contributed by atoms with Crippen molar-refractivity contribution < 1.29 is 18.8 Å². The summed E-state index contributed by atoms with van der Waals surface area (Å²) >= 11 is 0. The second kappa shape index (κ2) is 6.69. The second-order valence-corrected chi connectivity index (χ2v) is 7.72. The summed E-state index contributed by atoms with van der Waals surface area (Å²) in [5, 5.41) is 2.33. The summed E-state index contributed by atoms with van der Waals surface area (Å²) in [6, 6.07) is 6.92. The molecule has 3 aromatic rings. The topological polar surface area (TPSA) is 97.4 Å². The average Bonchev–Trinajstić information content (AvgIpc) is 3.39. The van der Waals surface area contributed by atoms with Crippen LogP contribution in [0, 0.1) is 6.92 Å². The van der Waals surface area contributed by atoms with E-state index in [0.29, 0.717) is 18.5 Å². The second-order valence-electron chi connectivity index (χ2n) is 7.72. The van der Waals surface area contributed by atoms with Crippen LogP contribution >= 0.6 is 0 Å². The number of fused-ring (bicyclic) bond motifs is 1. The number of piperidine rings is 1. The number of nitrogens with one attached hydrogen (secondary N) is 1. The molecule has 0 spiro atoms. The summed E-state index contributed by atoms with van der Waals surface area (Å²) in [6.45, 7) is 2.24. The summed E-state index contributed by atoms with van der Waals surface area (Å²) in [6.07, 6.45) is 4.00. The summed E-state index contributed by atoms with van der Waals surface area (Å²) < 4.78 is 7.41. The number of furan rings is 1. The maximum absolute atomic E-state index is 12.9. The van der Waals surface area contributed by atoms with E-state index < -0.39 is 11.9 Å². The molecule has 0 saturated carbocycles. The molecule has 5 rings (SSSR count). The normalized spacial score (nSPS) is 18.7. The molecule has 2 aliphatic rings. The first-order valence-electron chi connectivity index (χ1n) is 9.78. The van der Waals surface area contributed by atoms with Gasteiger partial charge in [-0.15, -0.1) is 0 Å². The number of imide groups is 1. The van der Waals surface area contributed by atoms with Gasteiger partial charge in [0.1, 0.15) is 11.8 Å². The van der Waals surface area contributed by atoms with Crippen molar-refractivity contribution in [1.29, 1.82) is 0 Å². The molecule has 1 N–H and O–H groups in total. The maximum atomic E-state index is 12.9. The number of benzene rings is 1. The summed E-state index contributed by atoms with van der Waals surface area (Å²) in [5.41, 5.74) is 5.03. The van der Waals surface area contributed by atoms with E-state index in [9.17, 15) is 14.4 Å². The molecule has 0 radical (unpaired) electrons. The van der Waals surface area contributed by atoms with Gasteiger partial charge in [0, 0.05) is 36.7 Å². The number of carbonyl (C=O) groups is 3. The molecular formula is C22H20N4O4. The SMILES string of the molecule is Cc1occc1-c1c(-c2ccc3c(c2)CN(C2CCC(=O)NC2=O)C3=O)ncn1C. The van der Waals surface area contributed by atoms with Crippen molar-refractivity contribution in [3.05, 3.63) is 53.7 Å². The van der Waals surface area contributed by atoms with Gasteiger partial charge >= 0.3 is 0 Å². The third-order valence-corrected chi connectivity index (χ3v) is 5.85. The van der Waals surface area contributed by atoms with E-state index in [4.69, 9.17) is 4.42 Å². The lowest BCUT2D eigenvalue weighted by molar-refractivity contribution is -0.136. The van der Waals surface area contributed by atoms with Gasteiger partial charge in [-0.2, -0.15) is 0 Å². The number of aromatic nitrogens is 2. The van der Waals surface area contributed by atoms with Crippen LogP contribution in [0.3, 0.4) is 0 Å². The fourth-order valence-electron chi connectivity index (χ4n) is 4.31. The fraction of sp³-hybridized carbons (Fsp3) is 0.273. The van der Waals surface area contributed by atoms with Gasteiger partial charge in [-0.3, -0.25) is 19.7 Å². The molecule has 0 bridgehead atoms. The molecule has 3 amide bonds. The van der Waals surface area contributed by atoms with Crippen molar-refractivity contribution in [2.45, 2.75) is 32.4 Å². The van der Waals surface area contributed by atoms with Crippen LogP contribution in [0.15, 0.2) is 41.3 Å². The van der Waals surface area contributed by atoms with Gasteiger partial charge in [0.2, 0.25) is 11.8 Å². The van der Waals surface area contributed by atoms with Crippen LogP contribution in [0.5, 0.6) is 0 Å². The van der Waals surface area contributed by atoms with Crippen LogP contribution in [0.2, 0.25) is 0 Å². The molecule has 30 heavy (non-hydrogen) atoms. The molecule has 2 aromatic heterocycles. The zero-order valence-corrected chi connectivity index (χ0v) is 16.6. The summed E-state index contributed by atoms with van der Waals surface area (Å²) in [4.78, 5) is 42.7. The largest absolute Gasteiger partial charge is 0.469 e. The van der Waals surface area contributed by atoms with Gasteiger partial charge in [0.15, 0.2) is 0 Å². The highest BCUT2D eigenvalue weighted by Gasteiger charge is 2.39. The third-order valence-electron chi connectivity index (χ3n) is 5.85. The van der Waals surface area contributed by atoms with E-state index in [0.717, 1.165) is 33.8 Å². The van der Waals surface area contributed by atoms with Crippen molar-refractivity contribution in [1.82, 2.24) is 19.8 Å². The molecule has 4 heterocycles. The zero-order valence-electron chi connectivity index (χ0n) is 16.6. The van der Waals surface area contributed by atoms with Crippen molar-refractivity contribution in [2.24, 2.45) is 7.05 Å². The monoisotopic (exact) mass is 404 g/mol. The van der Waals surface area contributed by atoms with Gasteiger partial charge in [-0.05, 0) is 37.1 Å². The molecule has 8 heteroatoms. The Hall–Kier alpha value is -3.68. The Morgan fingerprint density at radius 1 is 1.17 bits per heavy atom. The van der Waals surface area contributed by atoms with Crippen molar-refractivity contribution in [2.75, 3.05) is 0 Å². The average molecular weight is 404 g/mol. The maximum Gasteiger partial charge on any atom is 0.255 e. The van der Waals surface area contributed by atoms with Gasteiger partial charge < -0.3 is 13.9 Å². The smallest absolute Gasteiger partial charge is 0.255 e. The Morgan fingerprint density at radius 2 is 2.00 bits per heavy atom. The van der Waals surface area contributed by atoms with Gasteiger partial charge in [0.25, 0.3) is 5.91 Å². The highest BCUT2D eigenvalue weighted by atomic mass is 16.3. The number of hydrogen-bond acceptors (Lipinski definition) is 5.